The van der Waals surface area contributed by atoms with E-state index in [1.54, 1.807) is 12.4 Å². The van der Waals surface area contributed by atoms with Crippen molar-refractivity contribution >= 4 is 5.91 Å². The summed E-state index contributed by atoms with van der Waals surface area (Å²) in [6.45, 7) is 8.17. The van der Waals surface area contributed by atoms with Crippen LogP contribution in [-0.2, 0) is 11.3 Å². The number of hydrogen-bond acceptors (Lipinski definition) is 2. The van der Waals surface area contributed by atoms with Crippen LogP contribution in [0.2, 0.25) is 0 Å². The molecule has 3 heteroatoms. The van der Waals surface area contributed by atoms with Gasteiger partial charge < -0.3 is 4.90 Å². The summed E-state index contributed by atoms with van der Waals surface area (Å²) >= 11 is 0. The maximum absolute atomic E-state index is 12.2. The second-order valence-corrected chi connectivity index (χ2v) is 6.74. The molecule has 1 atom stereocenters. The van der Waals surface area contributed by atoms with Gasteiger partial charge in [0.15, 0.2) is 0 Å². The number of piperidine rings is 1. The summed E-state index contributed by atoms with van der Waals surface area (Å²) in [4.78, 5) is 18.2. The van der Waals surface area contributed by atoms with Gasteiger partial charge in [-0.3, -0.25) is 9.78 Å². The molecule has 1 aliphatic heterocycles. The number of carbonyl (C=O) groups excluding carboxylic acids is 1. The third-order valence-electron chi connectivity index (χ3n) is 4.29. The third-order valence-corrected chi connectivity index (χ3v) is 4.29. The summed E-state index contributed by atoms with van der Waals surface area (Å²) in [5, 5.41) is 0. The Kier molecular flexibility index (Phi) is 5.16. The molecule has 1 fully saturated rings. The van der Waals surface area contributed by atoms with Crippen LogP contribution in [0, 0.1) is 5.41 Å². The number of hydrogen-bond donors (Lipinski definition) is 0. The van der Waals surface area contributed by atoms with Gasteiger partial charge in [-0.15, -0.1) is 0 Å². The summed E-state index contributed by atoms with van der Waals surface area (Å²) in [7, 11) is 0. The Hall–Kier alpha value is -1.64. The van der Waals surface area contributed by atoms with Crippen molar-refractivity contribution in [3.63, 3.8) is 0 Å². The topological polar surface area (TPSA) is 33.2 Å². The zero-order valence-corrected chi connectivity index (χ0v) is 13.4. The predicted molar refractivity (Wildman–Crippen MR) is 85.7 cm³/mol. The van der Waals surface area contributed by atoms with Crippen LogP contribution in [0.3, 0.4) is 0 Å². The molecule has 1 aromatic heterocycles. The van der Waals surface area contributed by atoms with Gasteiger partial charge in [0, 0.05) is 31.9 Å². The van der Waals surface area contributed by atoms with Crippen LogP contribution < -0.4 is 0 Å². The number of rotatable bonds is 5. The molecule has 2 heterocycles. The van der Waals surface area contributed by atoms with Crippen LogP contribution >= 0.6 is 0 Å². The highest BCUT2D eigenvalue weighted by molar-refractivity contribution is 5.77. The first-order valence-electron chi connectivity index (χ1n) is 7.79. The molecular weight excluding hydrogens is 260 g/mol. The molecule has 0 bridgehead atoms. The van der Waals surface area contributed by atoms with Crippen molar-refractivity contribution in [2.75, 3.05) is 6.54 Å². The molecule has 0 aliphatic carbocycles. The number of aromatic nitrogens is 1. The van der Waals surface area contributed by atoms with Gasteiger partial charge in [-0.05, 0) is 56.2 Å². The number of pyridine rings is 1. The molecule has 0 spiro atoms. The molecule has 3 nitrogen and oxygen atoms in total. The Morgan fingerprint density at radius 1 is 1.38 bits per heavy atom. The highest BCUT2D eigenvalue weighted by Crippen LogP contribution is 2.35. The summed E-state index contributed by atoms with van der Waals surface area (Å²) in [5.74, 6) is 0.284. The predicted octanol–water partition coefficient (Wildman–Crippen LogP) is 3.96. The van der Waals surface area contributed by atoms with Crippen molar-refractivity contribution in [2.24, 2.45) is 5.41 Å². The second-order valence-electron chi connectivity index (χ2n) is 6.74. The summed E-state index contributed by atoms with van der Waals surface area (Å²) < 4.78 is 0. The molecule has 0 N–H and O–H groups in total. The lowest BCUT2D eigenvalue weighted by Crippen LogP contribution is -2.44. The normalized spacial score (nSPS) is 22.2. The highest BCUT2D eigenvalue weighted by Gasteiger charge is 2.34. The highest BCUT2D eigenvalue weighted by atomic mass is 16.2. The number of carbonyl (C=O) groups is 1. The number of likely N-dealkylation sites (tertiary alicyclic amines) is 1. The molecule has 0 saturated carbocycles. The van der Waals surface area contributed by atoms with Gasteiger partial charge in [-0.1, -0.05) is 18.6 Å². The molecule has 0 unspecified atom stereocenters. The second kappa shape index (κ2) is 6.88. The van der Waals surface area contributed by atoms with Gasteiger partial charge >= 0.3 is 0 Å². The number of amides is 1. The minimum Gasteiger partial charge on any atom is -0.338 e. The molecule has 1 aliphatic rings. The van der Waals surface area contributed by atoms with Crippen molar-refractivity contribution in [1.29, 1.82) is 0 Å². The van der Waals surface area contributed by atoms with E-state index in [-0.39, 0.29) is 11.3 Å². The van der Waals surface area contributed by atoms with Gasteiger partial charge in [0.2, 0.25) is 5.91 Å². The van der Waals surface area contributed by atoms with Gasteiger partial charge in [0.1, 0.15) is 0 Å². The monoisotopic (exact) mass is 286 g/mol. The SMILES string of the molecule is CC(C)=CCC[C@@]1(C)CCC(=O)N(Cc2ccncc2)C1. The fourth-order valence-corrected chi connectivity index (χ4v) is 2.96. The van der Waals surface area contributed by atoms with E-state index in [1.807, 2.05) is 17.0 Å². The Balaban J connectivity index is 1.98. The Morgan fingerprint density at radius 2 is 2.10 bits per heavy atom. The van der Waals surface area contributed by atoms with E-state index in [0.29, 0.717) is 13.0 Å². The first-order valence-corrected chi connectivity index (χ1v) is 7.79. The minimum atomic E-state index is 0.243. The first kappa shape index (κ1) is 15.7. The summed E-state index contributed by atoms with van der Waals surface area (Å²) in [6, 6.07) is 3.98. The van der Waals surface area contributed by atoms with Gasteiger partial charge in [0.05, 0.1) is 0 Å². The van der Waals surface area contributed by atoms with Crippen molar-refractivity contribution < 1.29 is 4.79 Å². The van der Waals surface area contributed by atoms with E-state index in [0.717, 1.165) is 31.4 Å². The Labute approximate surface area is 128 Å². The zero-order chi connectivity index (χ0) is 15.3. The third kappa shape index (κ3) is 4.69. The zero-order valence-electron chi connectivity index (χ0n) is 13.4. The number of nitrogens with zero attached hydrogens (tertiary/aromatic N) is 2. The average Bonchev–Trinajstić information content (AvgIpc) is 2.44. The smallest absolute Gasteiger partial charge is 0.222 e. The molecule has 114 valence electrons. The molecule has 1 amide bonds. The fraction of sp³-hybridized carbons (Fsp3) is 0.556. The molecule has 1 aromatic rings. The lowest BCUT2D eigenvalue weighted by atomic mass is 9.77. The minimum absolute atomic E-state index is 0.243. The number of allylic oxidation sites excluding steroid dienone is 2. The van der Waals surface area contributed by atoms with Gasteiger partial charge in [-0.25, -0.2) is 0 Å². The maximum Gasteiger partial charge on any atom is 0.222 e. The van der Waals surface area contributed by atoms with Gasteiger partial charge in [-0.2, -0.15) is 0 Å². The van der Waals surface area contributed by atoms with E-state index in [4.69, 9.17) is 0 Å². The molecule has 1 saturated heterocycles. The van der Waals surface area contributed by atoms with E-state index in [9.17, 15) is 4.79 Å². The lowest BCUT2D eigenvalue weighted by Gasteiger charge is -2.40. The maximum atomic E-state index is 12.2. The first-order chi connectivity index (χ1) is 9.98. The summed E-state index contributed by atoms with van der Waals surface area (Å²) in [5.41, 5.74) is 2.78. The van der Waals surface area contributed by atoms with Crippen molar-refractivity contribution in [1.82, 2.24) is 9.88 Å². The standard InChI is InChI=1S/C18H26N2O/c1-15(2)5-4-9-18(3)10-6-17(21)20(14-18)13-16-7-11-19-12-8-16/h5,7-8,11-12H,4,6,9-10,13-14H2,1-3H3/t18-/m0/s1. The van der Waals surface area contributed by atoms with E-state index in [2.05, 4.69) is 31.8 Å². The largest absolute Gasteiger partial charge is 0.338 e. The molecule has 0 radical (unpaired) electrons. The van der Waals surface area contributed by atoms with Crippen LogP contribution in [0.15, 0.2) is 36.2 Å². The lowest BCUT2D eigenvalue weighted by molar-refractivity contribution is -0.138. The summed E-state index contributed by atoms with van der Waals surface area (Å²) in [6.07, 6.45) is 9.82. The molecular formula is C18H26N2O. The van der Waals surface area contributed by atoms with Crippen LogP contribution in [0.5, 0.6) is 0 Å². The fourth-order valence-electron chi connectivity index (χ4n) is 2.96. The van der Waals surface area contributed by atoms with Crippen LogP contribution in [-0.4, -0.2) is 22.3 Å². The average molecular weight is 286 g/mol. The van der Waals surface area contributed by atoms with E-state index in [1.165, 1.54) is 5.57 Å². The van der Waals surface area contributed by atoms with Crippen molar-refractivity contribution in [3.8, 4) is 0 Å². The quantitative estimate of drug-likeness (QED) is 0.768. The van der Waals surface area contributed by atoms with Gasteiger partial charge in [0.25, 0.3) is 0 Å². The van der Waals surface area contributed by atoms with E-state index < -0.39 is 0 Å². The molecule has 2 rings (SSSR count). The van der Waals surface area contributed by atoms with Crippen molar-refractivity contribution in [3.05, 3.63) is 41.7 Å². The van der Waals surface area contributed by atoms with Crippen LogP contribution in [0.1, 0.15) is 52.0 Å². The molecule has 21 heavy (non-hydrogen) atoms. The Bertz CT molecular complexity index is 505. The molecule has 0 aromatic carbocycles. The van der Waals surface area contributed by atoms with Crippen LogP contribution in [0.25, 0.3) is 0 Å². The van der Waals surface area contributed by atoms with E-state index >= 15 is 0 Å². The Morgan fingerprint density at radius 3 is 2.76 bits per heavy atom. The van der Waals surface area contributed by atoms with Crippen molar-refractivity contribution in [2.45, 2.75) is 53.0 Å². The van der Waals surface area contributed by atoms with Crippen LogP contribution in [0.4, 0.5) is 0 Å².